The summed E-state index contributed by atoms with van der Waals surface area (Å²) in [5.74, 6) is -0.433. The van der Waals surface area contributed by atoms with Gasteiger partial charge in [0.2, 0.25) is 11.8 Å². The first-order valence-corrected chi connectivity index (χ1v) is 6.74. The second-order valence-electron chi connectivity index (χ2n) is 5.18. The molecule has 1 rings (SSSR count). The van der Waals surface area contributed by atoms with Gasteiger partial charge in [-0.05, 0) is 31.5 Å². The molecule has 0 aliphatic rings. The number of amides is 2. The highest BCUT2D eigenvalue weighted by molar-refractivity contribution is 5.88. The van der Waals surface area contributed by atoms with Gasteiger partial charge in [-0.2, -0.15) is 0 Å². The maximum absolute atomic E-state index is 12.0. The van der Waals surface area contributed by atoms with E-state index in [0.29, 0.717) is 0 Å². The lowest BCUT2D eigenvalue weighted by atomic mass is 10.0. The fraction of sp³-hybridized carbons (Fsp3) is 0.467. The molecular weight excluding hydrogens is 290 g/mol. The lowest BCUT2D eigenvalue weighted by Crippen LogP contribution is -2.39. The molecule has 0 bridgehead atoms. The number of hydrogen-bond donors (Lipinski definition) is 3. The monoisotopic (exact) mass is 313 g/mol. The minimum Gasteiger partial charge on any atom is -0.349 e. The van der Waals surface area contributed by atoms with Crippen LogP contribution in [0.5, 0.6) is 0 Å². The van der Waals surface area contributed by atoms with E-state index in [1.807, 2.05) is 38.1 Å². The summed E-state index contributed by atoms with van der Waals surface area (Å²) in [5, 5.41) is 5.65. The summed E-state index contributed by atoms with van der Waals surface area (Å²) in [6, 6.07) is 7.09. The predicted molar refractivity (Wildman–Crippen MR) is 87.4 cm³/mol. The van der Waals surface area contributed by atoms with Crippen molar-refractivity contribution in [2.45, 2.75) is 39.8 Å². The maximum Gasteiger partial charge on any atom is 0.224 e. The second-order valence-corrected chi connectivity index (χ2v) is 5.18. The summed E-state index contributed by atoms with van der Waals surface area (Å²) in [7, 11) is 0. The number of anilines is 1. The Morgan fingerprint density at radius 1 is 1.19 bits per heavy atom. The second kappa shape index (κ2) is 8.64. The molecule has 0 spiro atoms. The Bertz CT molecular complexity index is 492. The van der Waals surface area contributed by atoms with Crippen molar-refractivity contribution < 1.29 is 9.59 Å². The van der Waals surface area contributed by atoms with Crippen molar-refractivity contribution in [2.75, 3.05) is 5.32 Å². The fourth-order valence-electron chi connectivity index (χ4n) is 1.76. The van der Waals surface area contributed by atoms with E-state index in [9.17, 15) is 9.59 Å². The zero-order valence-corrected chi connectivity index (χ0v) is 13.7. The summed E-state index contributed by atoms with van der Waals surface area (Å²) < 4.78 is 0. The number of rotatable bonds is 5. The number of hydrogen-bond acceptors (Lipinski definition) is 3. The standard InChI is InChI=1S/C15H23N3O2.ClH/c1-9(10(2)16)15(20)17-11(3)13-6-5-7-14(8-13)18-12(4)19;/h5-11H,16H2,1-4H3,(H,17,20)(H,18,19);1H. The summed E-state index contributed by atoms with van der Waals surface area (Å²) in [4.78, 5) is 23.0. The molecule has 0 radical (unpaired) electrons. The molecule has 118 valence electrons. The number of benzene rings is 1. The minimum atomic E-state index is -0.240. The van der Waals surface area contributed by atoms with Gasteiger partial charge in [-0.3, -0.25) is 9.59 Å². The van der Waals surface area contributed by atoms with Crippen LogP contribution in [0.3, 0.4) is 0 Å². The highest BCUT2D eigenvalue weighted by Crippen LogP contribution is 2.18. The molecule has 0 heterocycles. The van der Waals surface area contributed by atoms with Gasteiger partial charge in [0.25, 0.3) is 0 Å². The third kappa shape index (κ3) is 6.14. The van der Waals surface area contributed by atoms with Crippen LogP contribution in [-0.4, -0.2) is 17.9 Å². The van der Waals surface area contributed by atoms with E-state index in [1.54, 1.807) is 6.92 Å². The largest absolute Gasteiger partial charge is 0.349 e. The van der Waals surface area contributed by atoms with Crippen LogP contribution < -0.4 is 16.4 Å². The van der Waals surface area contributed by atoms with Crippen LogP contribution in [0.1, 0.15) is 39.3 Å². The Labute approximate surface area is 132 Å². The minimum absolute atomic E-state index is 0. The van der Waals surface area contributed by atoms with Gasteiger partial charge in [0.05, 0.1) is 6.04 Å². The summed E-state index contributed by atoms with van der Waals surface area (Å²) in [6.45, 7) is 6.98. The first-order chi connectivity index (χ1) is 9.31. The van der Waals surface area contributed by atoms with E-state index in [-0.39, 0.29) is 42.2 Å². The average molecular weight is 314 g/mol. The molecule has 4 N–H and O–H groups in total. The molecule has 0 aromatic heterocycles. The van der Waals surface area contributed by atoms with Crippen molar-refractivity contribution in [3.8, 4) is 0 Å². The molecule has 0 saturated heterocycles. The molecule has 3 atom stereocenters. The molecule has 3 unspecified atom stereocenters. The van der Waals surface area contributed by atoms with Gasteiger partial charge in [-0.25, -0.2) is 0 Å². The van der Waals surface area contributed by atoms with Gasteiger partial charge >= 0.3 is 0 Å². The average Bonchev–Trinajstić information content (AvgIpc) is 2.37. The summed E-state index contributed by atoms with van der Waals surface area (Å²) >= 11 is 0. The molecule has 1 aromatic carbocycles. The smallest absolute Gasteiger partial charge is 0.224 e. The van der Waals surface area contributed by atoms with Crippen molar-refractivity contribution in [2.24, 2.45) is 11.7 Å². The van der Waals surface area contributed by atoms with E-state index >= 15 is 0 Å². The molecule has 0 saturated carbocycles. The lowest BCUT2D eigenvalue weighted by molar-refractivity contribution is -0.125. The normalized spacial score (nSPS) is 14.3. The molecule has 0 aliphatic heterocycles. The van der Waals surface area contributed by atoms with Crippen LogP contribution in [0, 0.1) is 5.92 Å². The number of nitrogens with two attached hydrogens (primary N) is 1. The Balaban J connectivity index is 0.00000400. The van der Waals surface area contributed by atoms with Gasteiger partial charge in [0, 0.05) is 24.6 Å². The quantitative estimate of drug-likeness (QED) is 0.779. The van der Waals surface area contributed by atoms with E-state index in [0.717, 1.165) is 11.3 Å². The molecule has 6 heteroatoms. The van der Waals surface area contributed by atoms with E-state index in [4.69, 9.17) is 5.73 Å². The van der Waals surface area contributed by atoms with Crippen molar-refractivity contribution in [1.82, 2.24) is 5.32 Å². The van der Waals surface area contributed by atoms with Gasteiger partial charge in [-0.1, -0.05) is 19.1 Å². The number of halogens is 1. The van der Waals surface area contributed by atoms with E-state index < -0.39 is 0 Å². The van der Waals surface area contributed by atoms with Gasteiger partial charge in [0.1, 0.15) is 0 Å². The van der Waals surface area contributed by atoms with Crippen LogP contribution >= 0.6 is 12.4 Å². The molecular formula is C15H24ClN3O2. The van der Waals surface area contributed by atoms with Crippen LogP contribution in [-0.2, 0) is 9.59 Å². The third-order valence-corrected chi connectivity index (χ3v) is 3.27. The molecule has 5 nitrogen and oxygen atoms in total. The first-order valence-electron chi connectivity index (χ1n) is 6.74. The molecule has 0 fully saturated rings. The topological polar surface area (TPSA) is 84.2 Å². The van der Waals surface area contributed by atoms with E-state index in [2.05, 4.69) is 10.6 Å². The Kier molecular flexibility index (Phi) is 7.99. The fourth-order valence-corrected chi connectivity index (χ4v) is 1.76. The van der Waals surface area contributed by atoms with Crippen molar-refractivity contribution in [3.63, 3.8) is 0 Å². The highest BCUT2D eigenvalue weighted by Gasteiger charge is 2.19. The molecule has 0 aliphatic carbocycles. The van der Waals surface area contributed by atoms with Crippen molar-refractivity contribution in [1.29, 1.82) is 0 Å². The van der Waals surface area contributed by atoms with Gasteiger partial charge < -0.3 is 16.4 Å². The van der Waals surface area contributed by atoms with Gasteiger partial charge in [-0.15, -0.1) is 12.4 Å². The zero-order valence-electron chi connectivity index (χ0n) is 12.8. The third-order valence-electron chi connectivity index (χ3n) is 3.27. The van der Waals surface area contributed by atoms with Gasteiger partial charge in [0.15, 0.2) is 0 Å². The first kappa shape index (κ1) is 19.4. The van der Waals surface area contributed by atoms with Crippen molar-refractivity contribution in [3.05, 3.63) is 29.8 Å². The Morgan fingerprint density at radius 3 is 2.33 bits per heavy atom. The Morgan fingerprint density at radius 2 is 1.81 bits per heavy atom. The predicted octanol–water partition coefficient (Wildman–Crippen LogP) is 2.23. The van der Waals surface area contributed by atoms with Crippen LogP contribution in [0.15, 0.2) is 24.3 Å². The highest BCUT2D eigenvalue weighted by atomic mass is 35.5. The molecule has 21 heavy (non-hydrogen) atoms. The SMILES string of the molecule is CC(=O)Nc1cccc(C(C)NC(=O)C(C)C(C)N)c1.Cl. The van der Waals surface area contributed by atoms with Crippen LogP contribution in [0.4, 0.5) is 5.69 Å². The lowest BCUT2D eigenvalue weighted by Gasteiger charge is -2.20. The van der Waals surface area contributed by atoms with Crippen LogP contribution in [0.25, 0.3) is 0 Å². The van der Waals surface area contributed by atoms with Crippen molar-refractivity contribution >= 4 is 29.9 Å². The number of carbonyl (C=O) groups is 2. The maximum atomic E-state index is 12.0. The molecule has 2 amide bonds. The van der Waals surface area contributed by atoms with Crippen LogP contribution in [0.2, 0.25) is 0 Å². The Hall–Kier alpha value is -1.59. The van der Waals surface area contributed by atoms with E-state index in [1.165, 1.54) is 6.92 Å². The number of carbonyl (C=O) groups excluding carboxylic acids is 2. The number of nitrogens with one attached hydrogen (secondary N) is 2. The summed E-state index contributed by atoms with van der Waals surface area (Å²) in [6.07, 6.45) is 0. The summed E-state index contributed by atoms with van der Waals surface area (Å²) in [5.41, 5.74) is 7.37. The molecule has 1 aromatic rings. The zero-order chi connectivity index (χ0) is 15.3.